The highest BCUT2D eigenvalue weighted by Gasteiger charge is 2.21. The molecule has 84 valence electrons. The molecular formula is C11H18N2O2. The summed E-state index contributed by atoms with van der Waals surface area (Å²) in [7, 11) is 0. The maximum absolute atomic E-state index is 11.7. The summed E-state index contributed by atoms with van der Waals surface area (Å²) < 4.78 is 6.91. The van der Waals surface area contributed by atoms with Crippen LogP contribution in [0.3, 0.4) is 0 Å². The molecule has 0 saturated heterocycles. The molecule has 0 N–H and O–H groups in total. The molecule has 1 aromatic rings. The van der Waals surface area contributed by atoms with Crippen LogP contribution in [0.25, 0.3) is 0 Å². The Morgan fingerprint density at radius 3 is 2.60 bits per heavy atom. The van der Waals surface area contributed by atoms with Gasteiger partial charge in [0.2, 0.25) is 0 Å². The van der Waals surface area contributed by atoms with E-state index in [9.17, 15) is 4.79 Å². The Morgan fingerprint density at radius 2 is 2.20 bits per heavy atom. The Bertz CT molecular complexity index is 344. The first-order chi connectivity index (χ1) is 7.11. The van der Waals surface area contributed by atoms with Crippen LogP contribution < -0.4 is 0 Å². The van der Waals surface area contributed by atoms with Crippen molar-refractivity contribution in [1.82, 2.24) is 9.55 Å². The molecule has 0 spiro atoms. The molecule has 0 saturated carbocycles. The number of carbonyl (C=O) groups is 1. The Balaban J connectivity index is 2.92. The Morgan fingerprint density at radius 1 is 1.53 bits per heavy atom. The van der Waals surface area contributed by atoms with Gasteiger partial charge in [-0.1, -0.05) is 6.92 Å². The normalized spacial score (nSPS) is 12.5. The van der Waals surface area contributed by atoms with Crippen molar-refractivity contribution in [3.63, 3.8) is 0 Å². The van der Waals surface area contributed by atoms with Gasteiger partial charge in [0, 0.05) is 5.69 Å². The van der Waals surface area contributed by atoms with Crippen molar-refractivity contribution in [2.24, 2.45) is 0 Å². The van der Waals surface area contributed by atoms with Gasteiger partial charge in [-0.15, -0.1) is 0 Å². The van der Waals surface area contributed by atoms with Crippen molar-refractivity contribution in [1.29, 1.82) is 0 Å². The summed E-state index contributed by atoms with van der Waals surface area (Å²) in [5.41, 5.74) is 1.98. The summed E-state index contributed by atoms with van der Waals surface area (Å²) in [5, 5.41) is 0. The van der Waals surface area contributed by atoms with Crippen molar-refractivity contribution in [3.05, 3.63) is 17.7 Å². The third kappa shape index (κ3) is 2.37. The molecule has 4 nitrogen and oxygen atoms in total. The van der Waals surface area contributed by atoms with Gasteiger partial charge >= 0.3 is 5.97 Å². The lowest BCUT2D eigenvalue weighted by molar-refractivity contribution is -0.147. The van der Waals surface area contributed by atoms with Gasteiger partial charge in [-0.05, 0) is 27.2 Å². The molecule has 0 aromatic carbocycles. The Hall–Kier alpha value is -1.32. The van der Waals surface area contributed by atoms with Crippen LogP contribution in [0.5, 0.6) is 0 Å². The smallest absolute Gasteiger partial charge is 0.329 e. The fourth-order valence-electron chi connectivity index (χ4n) is 1.55. The van der Waals surface area contributed by atoms with Crippen molar-refractivity contribution in [2.45, 2.75) is 40.2 Å². The van der Waals surface area contributed by atoms with Gasteiger partial charge in [0.25, 0.3) is 0 Å². The summed E-state index contributed by atoms with van der Waals surface area (Å²) in [6, 6.07) is -0.244. The summed E-state index contributed by atoms with van der Waals surface area (Å²) >= 11 is 0. The third-order valence-electron chi connectivity index (χ3n) is 2.57. The van der Waals surface area contributed by atoms with Gasteiger partial charge in [0.1, 0.15) is 6.04 Å². The number of rotatable bonds is 4. The minimum Gasteiger partial charge on any atom is -0.464 e. The fourth-order valence-corrected chi connectivity index (χ4v) is 1.55. The van der Waals surface area contributed by atoms with Crippen molar-refractivity contribution >= 4 is 5.97 Å². The second kappa shape index (κ2) is 4.96. The van der Waals surface area contributed by atoms with Crippen molar-refractivity contribution in [2.75, 3.05) is 6.61 Å². The molecule has 1 unspecified atom stereocenters. The molecule has 0 amide bonds. The van der Waals surface area contributed by atoms with E-state index in [1.165, 1.54) is 0 Å². The third-order valence-corrected chi connectivity index (χ3v) is 2.57. The first-order valence-electron chi connectivity index (χ1n) is 5.28. The molecule has 0 aliphatic rings. The lowest BCUT2D eigenvalue weighted by Crippen LogP contribution is -2.21. The molecular weight excluding hydrogens is 192 g/mol. The zero-order valence-electron chi connectivity index (χ0n) is 9.78. The highest BCUT2D eigenvalue weighted by molar-refractivity contribution is 5.74. The van der Waals surface area contributed by atoms with Crippen molar-refractivity contribution < 1.29 is 9.53 Å². The molecule has 0 aliphatic carbocycles. The average molecular weight is 210 g/mol. The topological polar surface area (TPSA) is 44.1 Å². The van der Waals surface area contributed by atoms with E-state index in [4.69, 9.17) is 4.74 Å². The van der Waals surface area contributed by atoms with Crippen LogP contribution in [-0.2, 0) is 9.53 Å². The summed E-state index contributed by atoms with van der Waals surface area (Å²) in [6.45, 7) is 8.10. The molecule has 1 aromatic heterocycles. The predicted octanol–water partition coefficient (Wildman–Crippen LogP) is 2.01. The Kier molecular flexibility index (Phi) is 3.88. The summed E-state index contributed by atoms with van der Waals surface area (Å²) in [6.07, 6.45) is 2.42. The number of carbonyl (C=O) groups excluding carboxylic acids is 1. The second-order valence-corrected chi connectivity index (χ2v) is 3.50. The van der Waals surface area contributed by atoms with Gasteiger partial charge in [0.05, 0.1) is 18.6 Å². The Labute approximate surface area is 90.3 Å². The van der Waals surface area contributed by atoms with Crippen LogP contribution in [-0.4, -0.2) is 22.1 Å². The maximum atomic E-state index is 11.7. The number of ether oxygens (including phenoxy) is 1. The molecule has 1 atom stereocenters. The number of aryl methyl sites for hydroxylation is 1. The van der Waals surface area contributed by atoms with Crippen LogP contribution in [0, 0.1) is 13.8 Å². The summed E-state index contributed by atoms with van der Waals surface area (Å²) in [4.78, 5) is 15.8. The largest absolute Gasteiger partial charge is 0.464 e. The first kappa shape index (κ1) is 11.8. The highest BCUT2D eigenvalue weighted by atomic mass is 16.5. The van der Waals surface area contributed by atoms with Crippen LogP contribution in [0.2, 0.25) is 0 Å². The minimum atomic E-state index is -0.244. The monoisotopic (exact) mass is 210 g/mol. The molecule has 1 rings (SSSR count). The molecule has 1 heterocycles. The number of aromatic nitrogens is 2. The van der Waals surface area contributed by atoms with Gasteiger partial charge < -0.3 is 9.30 Å². The van der Waals surface area contributed by atoms with E-state index in [-0.39, 0.29) is 12.0 Å². The molecule has 0 bridgehead atoms. The minimum absolute atomic E-state index is 0.180. The van der Waals surface area contributed by atoms with Crippen LogP contribution in [0.4, 0.5) is 0 Å². The number of hydrogen-bond acceptors (Lipinski definition) is 3. The van der Waals surface area contributed by atoms with Gasteiger partial charge in [-0.25, -0.2) is 9.78 Å². The standard InChI is InChI=1S/C11H18N2O2/c1-5-10(11(14)15-6-2)13-7-12-8(3)9(13)4/h7,10H,5-6H2,1-4H3. The van der Waals surface area contributed by atoms with E-state index in [0.29, 0.717) is 6.61 Å². The quantitative estimate of drug-likeness (QED) is 0.714. The number of hydrogen-bond donors (Lipinski definition) is 0. The molecule has 4 heteroatoms. The van der Waals surface area contributed by atoms with E-state index in [2.05, 4.69) is 4.98 Å². The zero-order chi connectivity index (χ0) is 11.4. The SMILES string of the molecule is CCOC(=O)C(CC)n1cnc(C)c1C. The predicted molar refractivity (Wildman–Crippen MR) is 57.7 cm³/mol. The van der Waals surface area contributed by atoms with Crippen LogP contribution in [0.1, 0.15) is 37.7 Å². The maximum Gasteiger partial charge on any atom is 0.329 e. The number of esters is 1. The molecule has 15 heavy (non-hydrogen) atoms. The zero-order valence-corrected chi connectivity index (χ0v) is 9.78. The lowest BCUT2D eigenvalue weighted by atomic mass is 10.2. The number of imidazole rings is 1. The van der Waals surface area contributed by atoms with E-state index >= 15 is 0 Å². The van der Waals surface area contributed by atoms with Crippen LogP contribution >= 0.6 is 0 Å². The molecule has 0 radical (unpaired) electrons. The van der Waals surface area contributed by atoms with Gasteiger partial charge in [-0.3, -0.25) is 0 Å². The molecule has 0 aliphatic heterocycles. The van der Waals surface area contributed by atoms with E-state index in [0.717, 1.165) is 17.8 Å². The van der Waals surface area contributed by atoms with Crippen LogP contribution in [0.15, 0.2) is 6.33 Å². The second-order valence-electron chi connectivity index (χ2n) is 3.50. The van der Waals surface area contributed by atoms with E-state index in [1.54, 1.807) is 6.33 Å². The molecule has 0 fully saturated rings. The average Bonchev–Trinajstić information content (AvgIpc) is 2.51. The first-order valence-corrected chi connectivity index (χ1v) is 5.28. The summed E-state index contributed by atoms with van der Waals surface area (Å²) in [5.74, 6) is -0.180. The van der Waals surface area contributed by atoms with Crippen molar-refractivity contribution in [3.8, 4) is 0 Å². The fraction of sp³-hybridized carbons (Fsp3) is 0.636. The van der Waals surface area contributed by atoms with E-state index < -0.39 is 0 Å². The van der Waals surface area contributed by atoms with Gasteiger partial charge in [-0.2, -0.15) is 0 Å². The lowest BCUT2D eigenvalue weighted by Gasteiger charge is -2.16. The number of nitrogens with zero attached hydrogens (tertiary/aromatic N) is 2. The highest BCUT2D eigenvalue weighted by Crippen LogP contribution is 2.17. The van der Waals surface area contributed by atoms with E-state index in [1.807, 2.05) is 32.3 Å². The van der Waals surface area contributed by atoms with Gasteiger partial charge in [0.15, 0.2) is 0 Å².